The Morgan fingerprint density at radius 1 is 1.32 bits per heavy atom. The van der Waals surface area contributed by atoms with E-state index in [9.17, 15) is 9.59 Å². The van der Waals surface area contributed by atoms with E-state index in [2.05, 4.69) is 36.6 Å². The average Bonchev–Trinajstić information content (AvgIpc) is 3.30. The van der Waals surface area contributed by atoms with Crippen molar-refractivity contribution in [1.29, 1.82) is 0 Å². The van der Waals surface area contributed by atoms with Crippen LogP contribution in [0.4, 0.5) is 11.4 Å². The molecule has 1 aliphatic rings. The predicted octanol–water partition coefficient (Wildman–Crippen LogP) is 3.16. The van der Waals surface area contributed by atoms with Crippen LogP contribution < -0.4 is 10.6 Å². The van der Waals surface area contributed by atoms with Gasteiger partial charge in [-0.3, -0.25) is 19.5 Å². The summed E-state index contributed by atoms with van der Waals surface area (Å²) in [6.45, 7) is 3.54. The maximum absolute atomic E-state index is 12.8. The summed E-state index contributed by atoms with van der Waals surface area (Å²) in [5.41, 5.74) is 2.20. The fourth-order valence-corrected chi connectivity index (χ4v) is 4.95. The van der Waals surface area contributed by atoms with E-state index in [0.29, 0.717) is 28.7 Å². The molecule has 9 nitrogen and oxygen atoms in total. The SMILES string of the molecule is Cc1ncc(NC(=O)CN(C)C2CCOCC2)cc1NC(=O)c1cnn2cc(Br)sc12. The third-order valence-corrected chi connectivity index (χ3v) is 6.83. The molecule has 0 saturated carbocycles. The number of amides is 2. The molecule has 164 valence electrons. The molecule has 2 amide bonds. The highest BCUT2D eigenvalue weighted by atomic mass is 79.9. The second-order valence-electron chi connectivity index (χ2n) is 7.46. The van der Waals surface area contributed by atoms with Crippen molar-refractivity contribution >= 4 is 55.3 Å². The minimum Gasteiger partial charge on any atom is -0.381 e. The molecule has 0 spiro atoms. The van der Waals surface area contributed by atoms with Crippen molar-refractivity contribution in [1.82, 2.24) is 19.5 Å². The van der Waals surface area contributed by atoms with Crippen LogP contribution in [-0.2, 0) is 9.53 Å². The zero-order valence-corrected chi connectivity index (χ0v) is 19.6. The van der Waals surface area contributed by atoms with Gasteiger partial charge in [-0.25, -0.2) is 4.52 Å². The molecule has 0 aliphatic carbocycles. The van der Waals surface area contributed by atoms with Crippen LogP contribution in [0.15, 0.2) is 28.4 Å². The number of rotatable bonds is 6. The van der Waals surface area contributed by atoms with Gasteiger partial charge in [0.15, 0.2) is 0 Å². The number of anilines is 2. The highest BCUT2D eigenvalue weighted by Crippen LogP contribution is 2.27. The molecule has 0 atom stereocenters. The Labute approximate surface area is 191 Å². The van der Waals surface area contributed by atoms with Gasteiger partial charge in [0, 0.05) is 19.3 Å². The maximum Gasteiger partial charge on any atom is 0.260 e. The number of ether oxygens (including phenoxy) is 1. The smallest absolute Gasteiger partial charge is 0.260 e. The largest absolute Gasteiger partial charge is 0.381 e. The number of thiazole rings is 1. The molecule has 0 aromatic carbocycles. The number of nitrogens with one attached hydrogen (secondary N) is 2. The molecule has 2 N–H and O–H groups in total. The van der Waals surface area contributed by atoms with Crippen molar-refractivity contribution in [3.8, 4) is 0 Å². The Balaban J connectivity index is 1.41. The summed E-state index contributed by atoms with van der Waals surface area (Å²) >= 11 is 4.83. The number of aryl methyl sites for hydroxylation is 1. The van der Waals surface area contributed by atoms with Crippen molar-refractivity contribution in [3.63, 3.8) is 0 Å². The van der Waals surface area contributed by atoms with Gasteiger partial charge in [0.25, 0.3) is 5.91 Å². The summed E-state index contributed by atoms with van der Waals surface area (Å²) in [4.78, 5) is 32.4. The van der Waals surface area contributed by atoms with Crippen LogP contribution in [0.1, 0.15) is 28.9 Å². The van der Waals surface area contributed by atoms with E-state index >= 15 is 0 Å². The minimum atomic E-state index is -0.281. The van der Waals surface area contributed by atoms with Crippen molar-refractivity contribution in [2.24, 2.45) is 0 Å². The predicted molar refractivity (Wildman–Crippen MR) is 123 cm³/mol. The lowest BCUT2D eigenvalue weighted by Crippen LogP contribution is -2.41. The Morgan fingerprint density at radius 2 is 2.10 bits per heavy atom. The van der Waals surface area contributed by atoms with Gasteiger partial charge < -0.3 is 15.4 Å². The summed E-state index contributed by atoms with van der Waals surface area (Å²) in [6, 6.07) is 2.06. The van der Waals surface area contributed by atoms with Crippen molar-refractivity contribution in [3.05, 3.63) is 39.7 Å². The first-order valence-corrected chi connectivity index (χ1v) is 11.5. The van der Waals surface area contributed by atoms with Crippen LogP contribution in [0.3, 0.4) is 0 Å². The number of carbonyl (C=O) groups is 2. The van der Waals surface area contributed by atoms with Crippen LogP contribution in [0.5, 0.6) is 0 Å². The second-order valence-corrected chi connectivity index (χ2v) is 9.87. The third kappa shape index (κ3) is 5.12. The molecule has 0 bridgehead atoms. The number of likely N-dealkylation sites (N-methyl/N-ethyl adjacent to an activating group) is 1. The van der Waals surface area contributed by atoms with E-state index < -0.39 is 0 Å². The standard InChI is InChI=1S/C20H23BrN6O3S/c1-12-16(25-19(29)15-9-23-27-10-17(21)31-20(15)27)7-13(8-22-12)24-18(28)11-26(2)14-3-5-30-6-4-14/h7-10,14H,3-6,11H2,1-2H3,(H,24,28)(H,25,29). The number of hydrogen-bond acceptors (Lipinski definition) is 7. The first kappa shape index (κ1) is 21.9. The first-order chi connectivity index (χ1) is 14.9. The molecule has 31 heavy (non-hydrogen) atoms. The van der Waals surface area contributed by atoms with Crippen LogP contribution in [-0.4, -0.2) is 64.2 Å². The van der Waals surface area contributed by atoms with Gasteiger partial charge in [-0.2, -0.15) is 5.10 Å². The molecule has 0 radical (unpaired) electrons. The van der Waals surface area contributed by atoms with Gasteiger partial charge in [0.1, 0.15) is 4.83 Å². The van der Waals surface area contributed by atoms with Crippen LogP contribution in [0.25, 0.3) is 4.83 Å². The van der Waals surface area contributed by atoms with Gasteiger partial charge in [0.2, 0.25) is 5.91 Å². The third-order valence-electron chi connectivity index (χ3n) is 5.24. The van der Waals surface area contributed by atoms with Gasteiger partial charge in [-0.05, 0) is 48.8 Å². The van der Waals surface area contributed by atoms with Gasteiger partial charge in [-0.15, -0.1) is 11.3 Å². The molecule has 3 aromatic heterocycles. The Bertz CT molecular complexity index is 1110. The Kier molecular flexibility index (Phi) is 6.65. The van der Waals surface area contributed by atoms with Crippen molar-refractivity contribution in [2.45, 2.75) is 25.8 Å². The van der Waals surface area contributed by atoms with Crippen molar-refractivity contribution < 1.29 is 14.3 Å². The van der Waals surface area contributed by atoms with E-state index in [1.165, 1.54) is 17.5 Å². The number of halogens is 1. The molecule has 3 aromatic rings. The monoisotopic (exact) mass is 506 g/mol. The van der Waals surface area contributed by atoms with Crippen molar-refractivity contribution in [2.75, 3.05) is 37.4 Å². The highest BCUT2D eigenvalue weighted by Gasteiger charge is 2.21. The molecule has 4 heterocycles. The molecular weight excluding hydrogens is 484 g/mol. The fourth-order valence-electron chi connectivity index (χ4n) is 3.52. The molecular formula is C20H23BrN6O3S. The molecule has 1 fully saturated rings. The van der Waals surface area contributed by atoms with E-state index in [4.69, 9.17) is 4.74 Å². The number of hydrogen-bond donors (Lipinski definition) is 2. The van der Waals surface area contributed by atoms with Crippen LogP contribution in [0, 0.1) is 6.92 Å². The molecule has 1 aliphatic heterocycles. The number of pyridine rings is 1. The normalized spacial score (nSPS) is 14.8. The summed E-state index contributed by atoms with van der Waals surface area (Å²) in [6.07, 6.45) is 6.78. The van der Waals surface area contributed by atoms with E-state index in [0.717, 1.165) is 34.7 Å². The number of carbonyl (C=O) groups excluding carboxylic acids is 2. The quantitative estimate of drug-likeness (QED) is 0.532. The Morgan fingerprint density at radius 3 is 2.87 bits per heavy atom. The molecule has 0 unspecified atom stereocenters. The van der Waals surface area contributed by atoms with Gasteiger partial charge in [-0.1, -0.05) is 0 Å². The van der Waals surface area contributed by atoms with E-state index in [1.807, 2.05) is 11.9 Å². The van der Waals surface area contributed by atoms with E-state index in [-0.39, 0.29) is 18.4 Å². The first-order valence-electron chi connectivity index (χ1n) is 9.89. The van der Waals surface area contributed by atoms with Crippen LogP contribution >= 0.6 is 27.3 Å². The second kappa shape index (κ2) is 9.43. The summed E-state index contributed by atoms with van der Waals surface area (Å²) in [5.74, 6) is -0.407. The van der Waals surface area contributed by atoms with Gasteiger partial charge >= 0.3 is 0 Å². The Hall–Kier alpha value is -2.34. The molecule has 11 heteroatoms. The summed E-state index contributed by atoms with van der Waals surface area (Å²) < 4.78 is 7.92. The molecule has 1 saturated heterocycles. The average molecular weight is 507 g/mol. The van der Waals surface area contributed by atoms with Gasteiger partial charge in [0.05, 0.1) is 51.6 Å². The summed E-state index contributed by atoms with van der Waals surface area (Å²) in [5, 5.41) is 9.95. The van der Waals surface area contributed by atoms with E-state index in [1.54, 1.807) is 29.9 Å². The fraction of sp³-hybridized carbons (Fsp3) is 0.400. The lowest BCUT2D eigenvalue weighted by molar-refractivity contribution is -0.118. The number of nitrogens with zero attached hydrogens (tertiary/aromatic N) is 4. The van der Waals surface area contributed by atoms with Crippen LogP contribution in [0.2, 0.25) is 0 Å². The lowest BCUT2D eigenvalue weighted by atomic mass is 10.1. The minimum absolute atomic E-state index is 0.126. The highest BCUT2D eigenvalue weighted by molar-refractivity contribution is 9.11. The zero-order valence-electron chi connectivity index (χ0n) is 17.2. The maximum atomic E-state index is 12.8. The zero-order chi connectivity index (χ0) is 22.0. The lowest BCUT2D eigenvalue weighted by Gasteiger charge is -2.30. The summed E-state index contributed by atoms with van der Waals surface area (Å²) in [7, 11) is 1.95. The molecule has 4 rings (SSSR count). The topological polar surface area (TPSA) is 101 Å². The number of fused-ring (bicyclic) bond motifs is 1. The number of aromatic nitrogens is 3.